The minimum atomic E-state index is -0.795. The number of fused-ring (bicyclic) bond motifs is 1. The molecule has 0 radical (unpaired) electrons. The summed E-state index contributed by atoms with van der Waals surface area (Å²) in [5.74, 6) is 0.149. The largest absolute Gasteiger partial charge is 0.508 e. The van der Waals surface area contributed by atoms with Gasteiger partial charge in [-0.05, 0) is 30.0 Å². The molecule has 1 aromatic carbocycles. The molecule has 0 saturated carbocycles. The Morgan fingerprint density at radius 2 is 2.16 bits per heavy atom. The van der Waals surface area contributed by atoms with E-state index < -0.39 is 5.97 Å². The van der Waals surface area contributed by atoms with Crippen LogP contribution >= 0.6 is 0 Å². The molecule has 0 atom stereocenters. The highest BCUT2D eigenvalue weighted by Crippen LogP contribution is 2.27. The van der Waals surface area contributed by atoms with Crippen molar-refractivity contribution < 1.29 is 15.0 Å². The quantitative estimate of drug-likeness (QED) is 0.862. The van der Waals surface area contributed by atoms with Gasteiger partial charge in [0.1, 0.15) is 11.6 Å². The van der Waals surface area contributed by atoms with Crippen LogP contribution in [0.1, 0.15) is 12.8 Å². The topological polar surface area (TPSA) is 73.7 Å². The van der Waals surface area contributed by atoms with E-state index in [9.17, 15) is 9.90 Å². The summed E-state index contributed by atoms with van der Waals surface area (Å²) >= 11 is 0. The van der Waals surface area contributed by atoms with Gasteiger partial charge in [0.2, 0.25) is 0 Å². The molecule has 5 heteroatoms. The Morgan fingerprint density at radius 1 is 1.37 bits per heavy atom. The van der Waals surface area contributed by atoms with E-state index in [2.05, 4.69) is 4.98 Å². The van der Waals surface area contributed by atoms with E-state index in [4.69, 9.17) is 5.11 Å². The third kappa shape index (κ3) is 3.13. The van der Waals surface area contributed by atoms with Gasteiger partial charge in [0, 0.05) is 31.6 Å². The summed E-state index contributed by atoms with van der Waals surface area (Å²) < 4.78 is 0. The van der Waals surface area contributed by atoms with E-state index in [1.807, 2.05) is 24.1 Å². The van der Waals surface area contributed by atoms with Crippen LogP contribution in [0.3, 0.4) is 0 Å². The van der Waals surface area contributed by atoms with E-state index in [1.165, 1.54) is 0 Å². The van der Waals surface area contributed by atoms with E-state index >= 15 is 0 Å². The second-order valence-electron chi connectivity index (χ2n) is 4.46. The van der Waals surface area contributed by atoms with Gasteiger partial charge in [-0.3, -0.25) is 4.79 Å². The number of aliphatic carboxylic acids is 1. The first-order valence-electron chi connectivity index (χ1n) is 6.08. The molecule has 0 spiro atoms. The van der Waals surface area contributed by atoms with Crippen molar-refractivity contribution in [1.82, 2.24) is 4.98 Å². The summed E-state index contributed by atoms with van der Waals surface area (Å²) in [6, 6.07) is 7.02. The van der Waals surface area contributed by atoms with Gasteiger partial charge in [0.25, 0.3) is 0 Å². The maximum absolute atomic E-state index is 10.5. The van der Waals surface area contributed by atoms with Crippen molar-refractivity contribution in [3.8, 4) is 5.75 Å². The molecule has 100 valence electrons. The van der Waals surface area contributed by atoms with Crippen LogP contribution in [-0.4, -0.2) is 34.8 Å². The Bertz CT molecular complexity index is 598. The zero-order valence-corrected chi connectivity index (χ0v) is 10.7. The number of aromatic hydroxyl groups is 1. The Hall–Kier alpha value is -2.30. The normalized spacial score (nSPS) is 10.6. The zero-order valence-electron chi connectivity index (χ0n) is 10.7. The molecule has 0 aliphatic carbocycles. The first kappa shape index (κ1) is 13.1. The Labute approximate surface area is 111 Å². The number of phenolic OH excluding ortho intramolecular Hbond substituents is 1. The highest BCUT2D eigenvalue weighted by Gasteiger charge is 2.09. The van der Waals surface area contributed by atoms with Gasteiger partial charge in [-0.1, -0.05) is 6.07 Å². The monoisotopic (exact) mass is 260 g/mol. The Morgan fingerprint density at radius 3 is 2.89 bits per heavy atom. The molecular formula is C14H16N2O3. The minimum Gasteiger partial charge on any atom is -0.508 e. The summed E-state index contributed by atoms with van der Waals surface area (Å²) in [5, 5.41) is 20.1. The fourth-order valence-corrected chi connectivity index (χ4v) is 2.02. The third-order valence-electron chi connectivity index (χ3n) is 2.97. The lowest BCUT2D eigenvalue weighted by molar-refractivity contribution is -0.137. The van der Waals surface area contributed by atoms with Crippen molar-refractivity contribution in [2.24, 2.45) is 0 Å². The maximum atomic E-state index is 10.5. The number of anilines is 1. The molecule has 0 aliphatic heterocycles. The van der Waals surface area contributed by atoms with Gasteiger partial charge in [-0.15, -0.1) is 0 Å². The average Bonchev–Trinajstić information content (AvgIpc) is 2.37. The van der Waals surface area contributed by atoms with Gasteiger partial charge in [-0.25, -0.2) is 4.98 Å². The predicted octanol–water partition coefficient (Wildman–Crippen LogP) is 2.24. The smallest absolute Gasteiger partial charge is 0.303 e. The lowest BCUT2D eigenvalue weighted by atomic mass is 10.1. The molecule has 2 N–H and O–H groups in total. The Balaban J connectivity index is 2.23. The second kappa shape index (κ2) is 5.56. The molecule has 2 rings (SSSR count). The fourth-order valence-electron chi connectivity index (χ4n) is 2.02. The summed E-state index contributed by atoms with van der Waals surface area (Å²) in [4.78, 5) is 16.7. The number of pyridine rings is 1. The number of benzene rings is 1. The van der Waals surface area contributed by atoms with Crippen LogP contribution in [0, 0.1) is 0 Å². The number of nitrogens with zero attached hydrogens (tertiary/aromatic N) is 2. The lowest BCUT2D eigenvalue weighted by Gasteiger charge is -2.19. The van der Waals surface area contributed by atoms with Crippen molar-refractivity contribution >= 4 is 22.6 Å². The van der Waals surface area contributed by atoms with Crippen LogP contribution < -0.4 is 4.90 Å². The van der Waals surface area contributed by atoms with Crippen LogP contribution in [0.5, 0.6) is 5.75 Å². The molecule has 2 aromatic rings. The number of hydrogen-bond donors (Lipinski definition) is 2. The SMILES string of the molecule is CN(CCCC(=O)O)c1nccc2ccc(O)cc12. The van der Waals surface area contributed by atoms with E-state index in [-0.39, 0.29) is 12.2 Å². The molecule has 0 fully saturated rings. The molecule has 0 saturated heterocycles. The molecule has 0 amide bonds. The Kier molecular flexibility index (Phi) is 3.85. The van der Waals surface area contributed by atoms with Crippen LogP contribution in [0.2, 0.25) is 0 Å². The number of carboxylic acids is 1. The highest BCUT2D eigenvalue weighted by atomic mass is 16.4. The molecule has 0 aliphatic rings. The van der Waals surface area contributed by atoms with Gasteiger partial charge in [-0.2, -0.15) is 0 Å². The van der Waals surface area contributed by atoms with E-state index in [1.54, 1.807) is 18.3 Å². The van der Waals surface area contributed by atoms with Gasteiger partial charge >= 0.3 is 5.97 Å². The number of aromatic nitrogens is 1. The minimum absolute atomic E-state index is 0.139. The first-order chi connectivity index (χ1) is 9.08. The molecule has 1 heterocycles. The molecule has 0 bridgehead atoms. The zero-order chi connectivity index (χ0) is 13.8. The standard InChI is InChI=1S/C14H16N2O3/c1-16(8-2-3-13(18)19)14-12-9-11(17)5-4-10(12)6-7-15-14/h4-7,9,17H,2-3,8H2,1H3,(H,18,19). The van der Waals surface area contributed by atoms with Crippen LogP contribution in [0.15, 0.2) is 30.5 Å². The van der Waals surface area contributed by atoms with Gasteiger partial charge in [0.05, 0.1) is 0 Å². The summed E-state index contributed by atoms with van der Waals surface area (Å²) in [6.07, 6.45) is 2.41. The molecule has 0 unspecified atom stereocenters. The van der Waals surface area contributed by atoms with Crippen LogP contribution in [-0.2, 0) is 4.79 Å². The second-order valence-corrected chi connectivity index (χ2v) is 4.46. The fraction of sp³-hybridized carbons (Fsp3) is 0.286. The van der Waals surface area contributed by atoms with Crippen molar-refractivity contribution in [2.75, 3.05) is 18.5 Å². The molecule has 19 heavy (non-hydrogen) atoms. The lowest BCUT2D eigenvalue weighted by Crippen LogP contribution is -2.20. The average molecular weight is 260 g/mol. The first-order valence-corrected chi connectivity index (χ1v) is 6.08. The number of phenols is 1. The summed E-state index contributed by atoms with van der Waals surface area (Å²) in [7, 11) is 1.87. The number of carboxylic acid groups (broad SMARTS) is 1. The predicted molar refractivity (Wildman–Crippen MR) is 73.5 cm³/mol. The summed E-state index contributed by atoms with van der Waals surface area (Å²) in [6.45, 7) is 0.605. The maximum Gasteiger partial charge on any atom is 0.303 e. The van der Waals surface area contributed by atoms with Crippen molar-refractivity contribution in [3.05, 3.63) is 30.5 Å². The molecule has 5 nitrogen and oxygen atoms in total. The molecular weight excluding hydrogens is 244 g/mol. The summed E-state index contributed by atoms with van der Waals surface area (Å²) in [5.41, 5.74) is 0. The molecule has 1 aromatic heterocycles. The number of hydrogen-bond acceptors (Lipinski definition) is 4. The van der Waals surface area contributed by atoms with E-state index in [0.717, 1.165) is 16.6 Å². The van der Waals surface area contributed by atoms with Gasteiger partial charge < -0.3 is 15.1 Å². The van der Waals surface area contributed by atoms with E-state index in [0.29, 0.717) is 13.0 Å². The van der Waals surface area contributed by atoms with Gasteiger partial charge in [0.15, 0.2) is 0 Å². The van der Waals surface area contributed by atoms with Crippen molar-refractivity contribution in [1.29, 1.82) is 0 Å². The van der Waals surface area contributed by atoms with Crippen molar-refractivity contribution in [3.63, 3.8) is 0 Å². The highest BCUT2D eigenvalue weighted by molar-refractivity contribution is 5.93. The van der Waals surface area contributed by atoms with Crippen molar-refractivity contribution in [2.45, 2.75) is 12.8 Å². The number of carbonyl (C=O) groups is 1. The van der Waals surface area contributed by atoms with Crippen LogP contribution in [0.25, 0.3) is 10.8 Å². The number of rotatable bonds is 5. The van der Waals surface area contributed by atoms with Crippen LogP contribution in [0.4, 0.5) is 5.82 Å². The third-order valence-corrected chi connectivity index (χ3v) is 2.97.